The number of benzene rings is 2. The Hall–Kier alpha value is -2.82. The normalized spacial score (nSPS) is 17.1. The lowest BCUT2D eigenvalue weighted by Crippen LogP contribution is -2.34. The van der Waals surface area contributed by atoms with E-state index in [-0.39, 0.29) is 17.8 Å². The quantitative estimate of drug-likeness (QED) is 0.759. The maximum Gasteiger partial charge on any atom is 0.244 e. The van der Waals surface area contributed by atoms with Crippen molar-refractivity contribution < 1.29 is 13.9 Å². The molecule has 0 spiro atoms. The second kappa shape index (κ2) is 8.05. The standard InChI is InChI=1S/C23H25FN2O2/c1-16(25-23(27)11-9-18-4-2-3-5-20(18)24)19-8-10-22-21(14-19)26(12-13-28-22)15-17-6-7-17/h2-5,8-11,14,16-17H,6-7,12-13,15H2,1H3,(H,25,27)/b11-9+. The van der Waals surface area contributed by atoms with Crippen LogP contribution < -0.4 is 15.0 Å². The molecule has 1 aliphatic heterocycles. The first-order chi connectivity index (χ1) is 13.6. The minimum absolute atomic E-state index is 0.159. The second-order valence-electron chi connectivity index (χ2n) is 7.55. The monoisotopic (exact) mass is 380 g/mol. The summed E-state index contributed by atoms with van der Waals surface area (Å²) in [5.74, 6) is 1.12. The van der Waals surface area contributed by atoms with E-state index < -0.39 is 0 Å². The summed E-state index contributed by atoms with van der Waals surface area (Å²) in [7, 11) is 0. The Morgan fingerprint density at radius 1 is 1.32 bits per heavy atom. The number of halogens is 1. The van der Waals surface area contributed by atoms with E-state index in [0.717, 1.165) is 36.0 Å². The van der Waals surface area contributed by atoms with E-state index in [0.29, 0.717) is 12.2 Å². The first kappa shape index (κ1) is 18.5. The number of anilines is 1. The molecule has 1 fully saturated rings. The topological polar surface area (TPSA) is 41.6 Å². The van der Waals surface area contributed by atoms with Crippen molar-refractivity contribution in [2.24, 2.45) is 5.92 Å². The fraction of sp³-hybridized carbons (Fsp3) is 0.348. The van der Waals surface area contributed by atoms with Crippen molar-refractivity contribution in [1.82, 2.24) is 5.32 Å². The number of amides is 1. The number of hydrogen-bond donors (Lipinski definition) is 1. The summed E-state index contributed by atoms with van der Waals surface area (Å²) < 4.78 is 19.5. The Morgan fingerprint density at radius 3 is 2.93 bits per heavy atom. The van der Waals surface area contributed by atoms with E-state index in [4.69, 9.17) is 4.74 Å². The number of hydrogen-bond acceptors (Lipinski definition) is 3. The molecule has 0 saturated heterocycles. The van der Waals surface area contributed by atoms with Gasteiger partial charge in [-0.05, 0) is 55.5 Å². The van der Waals surface area contributed by atoms with Gasteiger partial charge in [0.1, 0.15) is 18.2 Å². The van der Waals surface area contributed by atoms with Crippen LogP contribution in [-0.4, -0.2) is 25.6 Å². The van der Waals surface area contributed by atoms with E-state index in [1.807, 2.05) is 19.1 Å². The molecule has 0 bridgehead atoms. The lowest BCUT2D eigenvalue weighted by Gasteiger charge is -2.32. The molecular formula is C23H25FN2O2. The summed E-state index contributed by atoms with van der Waals surface area (Å²) in [5, 5.41) is 2.95. The highest BCUT2D eigenvalue weighted by Crippen LogP contribution is 2.38. The van der Waals surface area contributed by atoms with Crippen LogP contribution in [0.1, 0.15) is 36.9 Å². The summed E-state index contributed by atoms with van der Waals surface area (Å²) in [6.07, 6.45) is 5.49. The molecule has 1 amide bonds. The van der Waals surface area contributed by atoms with Gasteiger partial charge in [-0.1, -0.05) is 24.3 Å². The number of carbonyl (C=O) groups excluding carboxylic acids is 1. The number of nitrogens with zero attached hydrogens (tertiary/aromatic N) is 1. The Labute approximate surface area is 165 Å². The van der Waals surface area contributed by atoms with Crippen LogP contribution in [0.15, 0.2) is 48.5 Å². The molecule has 28 heavy (non-hydrogen) atoms. The van der Waals surface area contributed by atoms with Crippen molar-refractivity contribution >= 4 is 17.7 Å². The maximum absolute atomic E-state index is 13.7. The van der Waals surface area contributed by atoms with Gasteiger partial charge in [0.2, 0.25) is 5.91 Å². The zero-order valence-corrected chi connectivity index (χ0v) is 16.0. The van der Waals surface area contributed by atoms with Gasteiger partial charge in [0, 0.05) is 18.2 Å². The molecule has 1 atom stereocenters. The number of carbonyl (C=O) groups is 1. The van der Waals surface area contributed by atoms with Crippen molar-refractivity contribution in [2.75, 3.05) is 24.6 Å². The van der Waals surface area contributed by atoms with Crippen LogP contribution >= 0.6 is 0 Å². The zero-order valence-electron chi connectivity index (χ0n) is 16.0. The van der Waals surface area contributed by atoms with Crippen LogP contribution in [0.2, 0.25) is 0 Å². The summed E-state index contributed by atoms with van der Waals surface area (Å²) in [6.45, 7) is 4.64. The smallest absolute Gasteiger partial charge is 0.244 e. The molecule has 4 nitrogen and oxygen atoms in total. The molecule has 146 valence electrons. The molecule has 1 aliphatic carbocycles. The van der Waals surface area contributed by atoms with Gasteiger partial charge >= 0.3 is 0 Å². The Bertz CT molecular complexity index is 892. The molecule has 1 heterocycles. The third-order valence-electron chi connectivity index (χ3n) is 5.30. The molecule has 5 heteroatoms. The van der Waals surface area contributed by atoms with Crippen LogP contribution in [0.25, 0.3) is 6.08 Å². The summed E-state index contributed by atoms with van der Waals surface area (Å²) in [5.41, 5.74) is 2.53. The van der Waals surface area contributed by atoms with Gasteiger partial charge in [-0.15, -0.1) is 0 Å². The van der Waals surface area contributed by atoms with Gasteiger partial charge in [-0.2, -0.15) is 0 Å². The van der Waals surface area contributed by atoms with E-state index in [1.54, 1.807) is 18.2 Å². The average molecular weight is 380 g/mol. The third-order valence-corrected chi connectivity index (χ3v) is 5.30. The third kappa shape index (κ3) is 4.35. The highest BCUT2D eigenvalue weighted by atomic mass is 19.1. The number of nitrogens with one attached hydrogen (secondary N) is 1. The second-order valence-corrected chi connectivity index (χ2v) is 7.55. The summed E-state index contributed by atoms with van der Waals surface area (Å²) >= 11 is 0. The fourth-order valence-electron chi connectivity index (χ4n) is 3.48. The molecule has 1 unspecified atom stereocenters. The highest BCUT2D eigenvalue weighted by molar-refractivity contribution is 5.92. The average Bonchev–Trinajstić information content (AvgIpc) is 3.51. The SMILES string of the molecule is CC(NC(=O)/C=C/c1ccccc1F)c1ccc2c(c1)N(CC1CC1)CCO2. The Balaban J connectivity index is 1.43. The minimum Gasteiger partial charge on any atom is -0.490 e. The molecular weight excluding hydrogens is 355 g/mol. The predicted octanol–water partition coefficient (Wildman–Crippen LogP) is 4.33. The maximum atomic E-state index is 13.7. The number of fused-ring (bicyclic) bond motifs is 1. The van der Waals surface area contributed by atoms with E-state index in [2.05, 4.69) is 16.3 Å². The minimum atomic E-state index is -0.343. The predicted molar refractivity (Wildman–Crippen MR) is 109 cm³/mol. The van der Waals surface area contributed by atoms with Crippen LogP contribution in [0, 0.1) is 11.7 Å². The first-order valence-corrected chi connectivity index (χ1v) is 9.85. The Kier molecular flexibility index (Phi) is 5.33. The van der Waals surface area contributed by atoms with Crippen molar-refractivity contribution in [2.45, 2.75) is 25.8 Å². The molecule has 4 rings (SSSR count). The van der Waals surface area contributed by atoms with Gasteiger partial charge in [0.25, 0.3) is 0 Å². The first-order valence-electron chi connectivity index (χ1n) is 9.85. The van der Waals surface area contributed by atoms with E-state index in [1.165, 1.54) is 31.1 Å². The fourth-order valence-corrected chi connectivity index (χ4v) is 3.48. The number of ether oxygens (including phenoxy) is 1. The van der Waals surface area contributed by atoms with Crippen molar-refractivity contribution in [1.29, 1.82) is 0 Å². The Morgan fingerprint density at radius 2 is 2.14 bits per heavy atom. The van der Waals surface area contributed by atoms with Crippen LogP contribution in [-0.2, 0) is 4.79 Å². The van der Waals surface area contributed by atoms with Gasteiger partial charge in [-0.25, -0.2) is 4.39 Å². The van der Waals surface area contributed by atoms with Crippen LogP contribution in [0.5, 0.6) is 5.75 Å². The van der Waals surface area contributed by atoms with E-state index >= 15 is 0 Å². The van der Waals surface area contributed by atoms with Crippen LogP contribution in [0.3, 0.4) is 0 Å². The van der Waals surface area contributed by atoms with Gasteiger partial charge in [0.05, 0.1) is 18.3 Å². The lowest BCUT2D eigenvalue weighted by atomic mass is 10.1. The largest absolute Gasteiger partial charge is 0.490 e. The molecule has 1 saturated carbocycles. The molecule has 0 radical (unpaired) electrons. The molecule has 2 aromatic rings. The number of rotatable bonds is 6. The molecule has 0 aromatic heterocycles. The van der Waals surface area contributed by atoms with Crippen molar-refractivity contribution in [3.05, 3.63) is 65.5 Å². The van der Waals surface area contributed by atoms with Crippen molar-refractivity contribution in [3.63, 3.8) is 0 Å². The molecule has 2 aliphatic rings. The zero-order chi connectivity index (χ0) is 19.5. The lowest BCUT2D eigenvalue weighted by molar-refractivity contribution is -0.117. The van der Waals surface area contributed by atoms with Gasteiger partial charge < -0.3 is 15.0 Å². The molecule has 1 N–H and O–H groups in total. The van der Waals surface area contributed by atoms with Crippen molar-refractivity contribution in [3.8, 4) is 5.75 Å². The van der Waals surface area contributed by atoms with Gasteiger partial charge in [-0.3, -0.25) is 4.79 Å². The summed E-state index contributed by atoms with van der Waals surface area (Å²) in [6, 6.07) is 12.3. The van der Waals surface area contributed by atoms with Crippen LogP contribution in [0.4, 0.5) is 10.1 Å². The van der Waals surface area contributed by atoms with E-state index in [9.17, 15) is 9.18 Å². The summed E-state index contributed by atoms with van der Waals surface area (Å²) in [4.78, 5) is 14.7. The molecule has 2 aromatic carbocycles. The highest BCUT2D eigenvalue weighted by Gasteiger charge is 2.27. The van der Waals surface area contributed by atoms with Gasteiger partial charge in [0.15, 0.2) is 0 Å².